The van der Waals surface area contributed by atoms with Gasteiger partial charge >= 0.3 is 6.09 Å². The fourth-order valence-corrected chi connectivity index (χ4v) is 4.42. The lowest BCUT2D eigenvalue weighted by molar-refractivity contribution is -0.123. The van der Waals surface area contributed by atoms with Crippen molar-refractivity contribution in [1.29, 1.82) is 0 Å². The highest BCUT2D eigenvalue weighted by Gasteiger charge is 2.51. The molecular formula is C21H30N2O4. The van der Waals surface area contributed by atoms with Gasteiger partial charge in [0.1, 0.15) is 12.2 Å². The molecule has 1 N–H and O–H groups in total. The number of amides is 2. The molecule has 6 heteroatoms. The second-order valence-corrected chi connectivity index (χ2v) is 8.00. The third kappa shape index (κ3) is 3.10. The number of alkyl carbamates (subject to hydrolysis) is 1. The number of nitrogens with zero attached hydrogens (tertiary/aromatic N) is 1. The van der Waals surface area contributed by atoms with Crippen molar-refractivity contribution in [3.63, 3.8) is 0 Å². The molecule has 0 aromatic rings. The molecule has 27 heavy (non-hydrogen) atoms. The van der Waals surface area contributed by atoms with Gasteiger partial charge in [0.05, 0.1) is 0 Å². The molecule has 148 valence electrons. The minimum absolute atomic E-state index is 0.0361. The van der Waals surface area contributed by atoms with E-state index >= 15 is 0 Å². The van der Waals surface area contributed by atoms with Crippen LogP contribution in [0.4, 0.5) is 4.79 Å². The zero-order chi connectivity index (χ0) is 19.9. The number of hydrogen-bond donors (Lipinski definition) is 1. The van der Waals surface area contributed by atoms with Crippen LogP contribution >= 0.6 is 0 Å². The van der Waals surface area contributed by atoms with Gasteiger partial charge in [0.15, 0.2) is 0 Å². The summed E-state index contributed by atoms with van der Waals surface area (Å²) >= 11 is 0. The lowest BCUT2D eigenvalue weighted by Crippen LogP contribution is -2.50. The smallest absolute Gasteiger partial charge is 0.407 e. The Morgan fingerprint density at radius 1 is 1.44 bits per heavy atom. The van der Waals surface area contributed by atoms with Crippen molar-refractivity contribution >= 4 is 12.0 Å². The van der Waals surface area contributed by atoms with Gasteiger partial charge in [-0.1, -0.05) is 20.8 Å². The van der Waals surface area contributed by atoms with Gasteiger partial charge < -0.3 is 19.7 Å². The number of ether oxygens (including phenoxy) is 2. The van der Waals surface area contributed by atoms with Crippen LogP contribution in [0.15, 0.2) is 34.6 Å². The number of hydrogen-bond acceptors (Lipinski definition) is 4. The van der Waals surface area contributed by atoms with Gasteiger partial charge in [-0.2, -0.15) is 0 Å². The Morgan fingerprint density at radius 3 is 2.78 bits per heavy atom. The Hall–Kier alpha value is -2.08. The maximum absolute atomic E-state index is 12.4. The largest absolute Gasteiger partial charge is 0.443 e. The highest BCUT2D eigenvalue weighted by Crippen LogP contribution is 2.54. The molecule has 3 aliphatic rings. The number of carbonyl (C=O) groups excluding carboxylic acids is 2. The van der Waals surface area contributed by atoms with Crippen molar-refractivity contribution in [2.75, 3.05) is 20.7 Å². The zero-order valence-corrected chi connectivity index (χ0v) is 17.1. The lowest BCUT2D eigenvalue weighted by atomic mass is 9.59. The summed E-state index contributed by atoms with van der Waals surface area (Å²) in [5.41, 5.74) is 3.80. The summed E-state index contributed by atoms with van der Waals surface area (Å²) in [6.45, 7) is 8.77. The fraction of sp³-hybridized carbons (Fsp3) is 0.619. The Morgan fingerprint density at radius 2 is 2.15 bits per heavy atom. The average Bonchev–Trinajstić information content (AvgIpc) is 2.85. The molecule has 0 aromatic carbocycles. The average molecular weight is 374 g/mol. The van der Waals surface area contributed by atoms with E-state index in [2.05, 4.69) is 25.2 Å². The van der Waals surface area contributed by atoms with Gasteiger partial charge in [0.2, 0.25) is 0 Å². The van der Waals surface area contributed by atoms with Crippen molar-refractivity contribution in [1.82, 2.24) is 10.2 Å². The summed E-state index contributed by atoms with van der Waals surface area (Å²) in [6.07, 6.45) is 4.65. The molecule has 2 aliphatic carbocycles. The van der Waals surface area contributed by atoms with Crippen molar-refractivity contribution in [2.45, 2.75) is 52.7 Å². The van der Waals surface area contributed by atoms with Crippen LogP contribution in [0.25, 0.3) is 0 Å². The van der Waals surface area contributed by atoms with Gasteiger partial charge in [0.25, 0.3) is 5.91 Å². The number of allylic oxidation sites excluding steroid dienone is 3. The Kier molecular flexibility index (Phi) is 5.21. The minimum Gasteiger partial charge on any atom is -0.443 e. The quantitative estimate of drug-likeness (QED) is 0.821. The normalized spacial score (nSPS) is 32.6. The summed E-state index contributed by atoms with van der Waals surface area (Å²) < 4.78 is 11.4. The number of likely N-dealkylation sites (N-methyl/N-ethyl adjacent to an activating group) is 1. The van der Waals surface area contributed by atoms with Gasteiger partial charge in [-0.3, -0.25) is 4.79 Å². The third-order valence-corrected chi connectivity index (χ3v) is 6.44. The van der Waals surface area contributed by atoms with E-state index in [1.54, 1.807) is 12.0 Å². The summed E-state index contributed by atoms with van der Waals surface area (Å²) in [6, 6.07) is 0. The molecule has 6 nitrogen and oxygen atoms in total. The van der Waals surface area contributed by atoms with Crippen molar-refractivity contribution in [3.05, 3.63) is 34.6 Å². The van der Waals surface area contributed by atoms with Crippen molar-refractivity contribution in [2.24, 2.45) is 11.3 Å². The van der Waals surface area contributed by atoms with Crippen LogP contribution in [0.5, 0.6) is 0 Å². The van der Waals surface area contributed by atoms with Crippen LogP contribution in [0.1, 0.15) is 40.5 Å². The van der Waals surface area contributed by atoms with Crippen LogP contribution in [-0.4, -0.2) is 49.8 Å². The molecular weight excluding hydrogens is 344 g/mol. The van der Waals surface area contributed by atoms with E-state index in [1.807, 2.05) is 27.0 Å². The summed E-state index contributed by atoms with van der Waals surface area (Å²) in [5.74, 6) is 0.0933. The lowest BCUT2D eigenvalue weighted by Gasteiger charge is -2.48. The van der Waals surface area contributed by atoms with Crippen LogP contribution in [0.2, 0.25) is 0 Å². The van der Waals surface area contributed by atoms with Gasteiger partial charge in [-0.05, 0) is 43.1 Å². The number of rotatable bonds is 4. The van der Waals surface area contributed by atoms with Crippen LogP contribution < -0.4 is 5.32 Å². The van der Waals surface area contributed by atoms with Crippen molar-refractivity contribution in [3.8, 4) is 0 Å². The molecule has 1 heterocycles. The highest BCUT2D eigenvalue weighted by molar-refractivity contribution is 6.00. The predicted octanol–water partition coefficient (Wildman–Crippen LogP) is 3.16. The Labute approximate surface area is 161 Å². The zero-order valence-electron chi connectivity index (χ0n) is 17.1. The summed E-state index contributed by atoms with van der Waals surface area (Å²) in [7, 11) is 3.45. The molecule has 0 saturated heterocycles. The van der Waals surface area contributed by atoms with E-state index in [4.69, 9.17) is 9.47 Å². The molecule has 0 bridgehead atoms. The van der Waals surface area contributed by atoms with Gasteiger partial charge in [-0.15, -0.1) is 0 Å². The second-order valence-electron chi connectivity index (χ2n) is 8.00. The van der Waals surface area contributed by atoms with E-state index in [-0.39, 0.29) is 29.4 Å². The first-order chi connectivity index (χ1) is 12.7. The van der Waals surface area contributed by atoms with E-state index in [0.717, 1.165) is 35.3 Å². The van der Waals surface area contributed by atoms with Crippen LogP contribution in [0.3, 0.4) is 0 Å². The van der Waals surface area contributed by atoms with Crippen LogP contribution in [-0.2, 0) is 14.3 Å². The number of fused-ring (bicyclic) bond motifs is 2. The number of carbonyl (C=O) groups is 2. The number of nitrogens with one attached hydrogen (secondary N) is 1. The first-order valence-corrected chi connectivity index (χ1v) is 9.64. The maximum Gasteiger partial charge on any atom is 0.407 e. The molecule has 2 amide bonds. The molecule has 0 radical (unpaired) electrons. The van der Waals surface area contributed by atoms with Crippen LogP contribution in [0, 0.1) is 11.3 Å². The first-order valence-electron chi connectivity index (χ1n) is 9.64. The summed E-state index contributed by atoms with van der Waals surface area (Å²) in [5, 5.41) is 2.78. The summed E-state index contributed by atoms with van der Waals surface area (Å²) in [4.78, 5) is 26.3. The Bertz CT molecular complexity index is 751. The molecule has 0 fully saturated rings. The monoisotopic (exact) mass is 374 g/mol. The van der Waals surface area contributed by atoms with E-state index < -0.39 is 6.09 Å². The van der Waals surface area contributed by atoms with Gasteiger partial charge in [-0.25, -0.2) is 4.79 Å². The molecule has 0 unspecified atom stereocenters. The molecule has 0 spiro atoms. The predicted molar refractivity (Wildman–Crippen MR) is 103 cm³/mol. The molecule has 0 saturated carbocycles. The van der Waals surface area contributed by atoms with E-state index in [1.165, 1.54) is 0 Å². The molecule has 4 atom stereocenters. The second kappa shape index (κ2) is 7.15. The highest BCUT2D eigenvalue weighted by atomic mass is 16.6. The molecule has 0 aromatic heterocycles. The topological polar surface area (TPSA) is 67.9 Å². The van der Waals surface area contributed by atoms with Gasteiger partial charge in [0, 0.05) is 43.3 Å². The van der Waals surface area contributed by atoms with Crippen molar-refractivity contribution < 1.29 is 19.1 Å². The molecule has 3 rings (SSSR count). The number of methoxy groups -OCH3 is 1. The SMILES string of the molecule is CCCNC(=O)O[C@H]1[C@H](OC)C=C2C=C3C(=C(C)C(=O)N3C)C[C@]2(C)[C@H]1C. The fourth-order valence-electron chi connectivity index (χ4n) is 4.42. The Balaban J connectivity index is 1.97. The standard InChI is InChI=1S/C21H30N2O4/c1-7-8-22-20(25)27-18-13(3)21(4)11-15-12(2)19(24)23(5)16(15)9-14(21)10-17(18)26-6/h9-10,13,17-18H,7-8,11H2,1-6H3,(H,22,25)/t13-,17+,18+,21+/m0/s1. The maximum atomic E-state index is 12.4. The van der Waals surface area contributed by atoms with E-state index in [0.29, 0.717) is 6.54 Å². The third-order valence-electron chi connectivity index (χ3n) is 6.44. The van der Waals surface area contributed by atoms with E-state index in [9.17, 15) is 9.59 Å². The first kappa shape index (κ1) is 19.7. The minimum atomic E-state index is -0.408. The molecule has 1 aliphatic heterocycles.